The second kappa shape index (κ2) is 12.7. The molecule has 0 saturated carbocycles. The summed E-state index contributed by atoms with van der Waals surface area (Å²) in [7, 11) is 0. The van der Waals surface area contributed by atoms with Crippen molar-refractivity contribution in [3.8, 4) is 28.7 Å². The predicted molar refractivity (Wildman–Crippen MR) is 169 cm³/mol. The third-order valence-electron chi connectivity index (χ3n) is 9.14. The number of piperidine rings is 1. The van der Waals surface area contributed by atoms with Crippen molar-refractivity contribution >= 4 is 11.6 Å². The van der Waals surface area contributed by atoms with E-state index in [0.29, 0.717) is 23.6 Å². The molecule has 1 saturated heterocycles. The van der Waals surface area contributed by atoms with E-state index >= 15 is 0 Å². The summed E-state index contributed by atoms with van der Waals surface area (Å²) >= 11 is 0. The van der Waals surface area contributed by atoms with Crippen molar-refractivity contribution in [3.05, 3.63) is 113 Å². The van der Waals surface area contributed by atoms with Crippen LogP contribution in [0, 0.1) is 23.2 Å². The van der Waals surface area contributed by atoms with Gasteiger partial charge in [-0.1, -0.05) is 60.7 Å². The molecule has 6 nitrogen and oxygen atoms in total. The van der Waals surface area contributed by atoms with E-state index in [2.05, 4.69) is 70.9 Å². The summed E-state index contributed by atoms with van der Waals surface area (Å²) < 4.78 is 0. The summed E-state index contributed by atoms with van der Waals surface area (Å²) in [4.78, 5) is 15.8. The zero-order chi connectivity index (χ0) is 29.8. The molecule has 6 rings (SSSR count). The number of likely N-dealkylation sites (tertiary alicyclic amines) is 1. The Labute approximate surface area is 253 Å². The Morgan fingerprint density at radius 1 is 0.860 bits per heavy atom. The van der Waals surface area contributed by atoms with Crippen molar-refractivity contribution in [2.45, 2.75) is 44.6 Å². The summed E-state index contributed by atoms with van der Waals surface area (Å²) in [5.41, 5.74) is 7.24. The second-order valence-corrected chi connectivity index (χ2v) is 12.0. The van der Waals surface area contributed by atoms with Gasteiger partial charge < -0.3 is 15.5 Å². The van der Waals surface area contributed by atoms with Gasteiger partial charge >= 0.3 is 0 Å². The van der Waals surface area contributed by atoms with Gasteiger partial charge in [-0.3, -0.25) is 9.69 Å². The molecule has 0 spiro atoms. The van der Waals surface area contributed by atoms with E-state index in [1.165, 1.54) is 34.9 Å². The van der Waals surface area contributed by atoms with Gasteiger partial charge in [-0.15, -0.1) is 0 Å². The minimum Gasteiger partial charge on any atom is -0.508 e. The molecule has 4 aromatic rings. The summed E-state index contributed by atoms with van der Waals surface area (Å²) in [5, 5.41) is 32.0. The van der Waals surface area contributed by atoms with Crippen LogP contribution in [0.1, 0.15) is 53.9 Å². The fourth-order valence-corrected chi connectivity index (χ4v) is 7.17. The largest absolute Gasteiger partial charge is 0.508 e. The first kappa shape index (κ1) is 28.5. The zero-order valence-electron chi connectivity index (χ0n) is 24.2. The number of hydrogen-bond donors (Lipinski definition) is 3. The third-order valence-corrected chi connectivity index (χ3v) is 9.14. The smallest absolute Gasteiger partial charge is 0.224 e. The molecule has 0 radical (unpaired) electrons. The quantitative estimate of drug-likeness (QED) is 0.218. The highest BCUT2D eigenvalue weighted by atomic mass is 16.3. The lowest BCUT2D eigenvalue weighted by molar-refractivity contribution is -0.117. The van der Waals surface area contributed by atoms with E-state index < -0.39 is 0 Å². The average Bonchev–Trinajstić information content (AvgIpc) is 3.01. The first-order valence-corrected chi connectivity index (χ1v) is 15.2. The van der Waals surface area contributed by atoms with Crippen LogP contribution >= 0.6 is 0 Å². The maximum absolute atomic E-state index is 13.3. The highest BCUT2D eigenvalue weighted by Gasteiger charge is 2.38. The normalized spacial score (nSPS) is 18.9. The molecule has 4 aromatic carbocycles. The molecular weight excluding hydrogens is 534 g/mol. The van der Waals surface area contributed by atoms with E-state index in [0.717, 1.165) is 56.4 Å². The van der Waals surface area contributed by atoms with Gasteiger partial charge in [0.05, 0.1) is 11.6 Å². The van der Waals surface area contributed by atoms with Crippen LogP contribution in [0.2, 0.25) is 0 Å². The molecular formula is C37H37N3O3. The SMILES string of the molecule is N#Cc1cccc(-c2ccc3c(c2)CCC(CC(=O)Nc2cc(O)cc(O)c2)C3C2CCN(Cc3ccccc3)CC2)c1. The number of phenols is 2. The lowest BCUT2D eigenvalue weighted by Crippen LogP contribution is -2.38. The van der Waals surface area contributed by atoms with E-state index in [1.54, 1.807) is 0 Å². The Bertz CT molecular complexity index is 1620. The van der Waals surface area contributed by atoms with Crippen molar-refractivity contribution < 1.29 is 15.0 Å². The number of carbonyl (C=O) groups is 1. The molecule has 0 bridgehead atoms. The van der Waals surface area contributed by atoms with E-state index in [1.807, 2.05) is 18.2 Å². The summed E-state index contributed by atoms with van der Waals surface area (Å²) in [6.07, 6.45) is 4.37. The highest BCUT2D eigenvalue weighted by Crippen LogP contribution is 2.47. The number of benzene rings is 4. The topological polar surface area (TPSA) is 96.6 Å². The van der Waals surface area contributed by atoms with Gasteiger partial charge in [0.2, 0.25) is 5.91 Å². The standard InChI is InChI=1S/C37H37N3O3/c38-23-26-7-4-8-28(17-26)29-11-12-35-30(18-29)9-10-31(19-36(43)39-32-20-33(41)22-34(42)21-32)37(35)27-13-15-40(16-14-27)24-25-5-2-1-3-6-25/h1-8,11-12,17-18,20-22,27,31,37,41-42H,9-10,13-16,19,24H2,(H,39,43). The predicted octanol–water partition coefficient (Wildman–Crippen LogP) is 7.22. The molecule has 2 unspecified atom stereocenters. The number of carbonyl (C=O) groups excluding carboxylic acids is 1. The number of anilines is 1. The number of hydrogen-bond acceptors (Lipinski definition) is 5. The Kier molecular flexibility index (Phi) is 8.44. The van der Waals surface area contributed by atoms with E-state index in [9.17, 15) is 20.3 Å². The monoisotopic (exact) mass is 571 g/mol. The molecule has 43 heavy (non-hydrogen) atoms. The van der Waals surface area contributed by atoms with Crippen molar-refractivity contribution in [2.24, 2.45) is 11.8 Å². The maximum atomic E-state index is 13.3. The molecule has 6 heteroatoms. The van der Waals surface area contributed by atoms with Crippen molar-refractivity contribution in [1.82, 2.24) is 4.90 Å². The molecule has 2 aliphatic rings. The molecule has 3 N–H and O–H groups in total. The number of fused-ring (bicyclic) bond motifs is 1. The van der Waals surface area contributed by atoms with Gasteiger partial charge in [0.25, 0.3) is 0 Å². The summed E-state index contributed by atoms with van der Waals surface area (Å²) in [6.45, 7) is 3.03. The molecule has 1 aliphatic carbocycles. The first-order chi connectivity index (χ1) is 20.9. The van der Waals surface area contributed by atoms with Gasteiger partial charge in [-0.25, -0.2) is 0 Å². The van der Waals surface area contributed by atoms with Gasteiger partial charge in [-0.05, 0) is 96.5 Å². The minimum atomic E-state index is -0.102. The number of aryl methyl sites for hydroxylation is 1. The molecule has 0 aromatic heterocycles. The second-order valence-electron chi connectivity index (χ2n) is 12.0. The molecule has 1 aliphatic heterocycles. The fourth-order valence-electron chi connectivity index (χ4n) is 7.17. The van der Waals surface area contributed by atoms with Gasteiger partial charge in [0.15, 0.2) is 0 Å². The van der Waals surface area contributed by atoms with Crippen LogP contribution < -0.4 is 5.32 Å². The Balaban J connectivity index is 1.24. The van der Waals surface area contributed by atoms with Gasteiger partial charge in [0.1, 0.15) is 11.5 Å². The number of amides is 1. The van der Waals surface area contributed by atoms with Gasteiger partial charge in [-0.2, -0.15) is 5.26 Å². The summed E-state index contributed by atoms with van der Waals surface area (Å²) in [6, 6.07) is 31.5. The number of rotatable bonds is 7. The molecule has 218 valence electrons. The molecule has 2 atom stereocenters. The minimum absolute atomic E-state index is 0.0851. The molecule has 1 heterocycles. The van der Waals surface area contributed by atoms with Crippen molar-refractivity contribution in [3.63, 3.8) is 0 Å². The number of nitriles is 1. The van der Waals surface area contributed by atoms with Gasteiger partial charge in [0, 0.05) is 36.9 Å². The molecule has 1 fully saturated rings. The maximum Gasteiger partial charge on any atom is 0.224 e. The number of phenolic OH excluding ortho intramolecular Hbond substituents is 2. The van der Waals surface area contributed by atoms with Crippen molar-refractivity contribution in [2.75, 3.05) is 18.4 Å². The number of nitrogens with zero attached hydrogens (tertiary/aromatic N) is 2. The Morgan fingerprint density at radius 2 is 1.60 bits per heavy atom. The van der Waals surface area contributed by atoms with Crippen molar-refractivity contribution in [1.29, 1.82) is 5.26 Å². The van der Waals surface area contributed by atoms with E-state index in [-0.39, 0.29) is 29.2 Å². The summed E-state index contributed by atoms with van der Waals surface area (Å²) in [5.74, 6) is 0.662. The van der Waals surface area contributed by atoms with Crippen LogP contribution in [-0.2, 0) is 17.8 Å². The lowest BCUT2D eigenvalue weighted by atomic mass is 9.65. The number of nitrogens with one attached hydrogen (secondary N) is 1. The van der Waals surface area contributed by atoms with Crippen LogP contribution in [0.15, 0.2) is 91.0 Å². The Morgan fingerprint density at radius 3 is 2.35 bits per heavy atom. The van der Waals surface area contributed by atoms with E-state index in [4.69, 9.17) is 0 Å². The van der Waals surface area contributed by atoms with Crippen LogP contribution in [0.5, 0.6) is 11.5 Å². The average molecular weight is 572 g/mol. The highest BCUT2D eigenvalue weighted by molar-refractivity contribution is 5.91. The van der Waals surface area contributed by atoms with Crippen LogP contribution in [0.25, 0.3) is 11.1 Å². The molecule has 1 amide bonds. The van der Waals surface area contributed by atoms with Crippen LogP contribution in [-0.4, -0.2) is 34.1 Å². The van der Waals surface area contributed by atoms with Crippen LogP contribution in [0.3, 0.4) is 0 Å². The number of aromatic hydroxyl groups is 2. The zero-order valence-corrected chi connectivity index (χ0v) is 24.2. The lowest BCUT2D eigenvalue weighted by Gasteiger charge is -2.42. The fraction of sp³-hybridized carbons (Fsp3) is 0.297. The third kappa shape index (κ3) is 6.74. The Hall–Kier alpha value is -4.60. The van der Waals surface area contributed by atoms with Crippen LogP contribution in [0.4, 0.5) is 5.69 Å². The first-order valence-electron chi connectivity index (χ1n) is 15.2.